The van der Waals surface area contributed by atoms with Crippen molar-refractivity contribution < 1.29 is 9.47 Å². The van der Waals surface area contributed by atoms with Crippen LogP contribution in [0, 0.1) is 0 Å². The topological polar surface area (TPSA) is 60.0 Å². The van der Waals surface area contributed by atoms with Gasteiger partial charge in [-0.25, -0.2) is 0 Å². The minimum Gasteiger partial charge on any atom is -0.490 e. The van der Waals surface area contributed by atoms with E-state index in [9.17, 15) is 0 Å². The van der Waals surface area contributed by atoms with E-state index in [0.717, 1.165) is 42.3 Å². The molecule has 2 aliphatic rings. The summed E-state index contributed by atoms with van der Waals surface area (Å²) in [6, 6.07) is 4.13. The molecule has 4 rings (SSSR count). The lowest BCUT2D eigenvalue weighted by atomic mass is 9.92. The van der Waals surface area contributed by atoms with Crippen LogP contribution in [-0.4, -0.2) is 34.5 Å². The van der Waals surface area contributed by atoms with Gasteiger partial charge in [-0.3, -0.25) is 10.1 Å². The van der Waals surface area contributed by atoms with E-state index in [1.54, 1.807) is 0 Å². The van der Waals surface area contributed by atoms with Gasteiger partial charge in [0.2, 0.25) is 0 Å². The number of hydrogen-bond donors (Lipinski definition) is 1. The Morgan fingerprint density at radius 2 is 2.04 bits per heavy atom. The van der Waals surface area contributed by atoms with Crippen molar-refractivity contribution in [3.8, 4) is 17.1 Å². The number of pyridine rings is 1. The largest absolute Gasteiger partial charge is 0.490 e. The predicted octanol–water partition coefficient (Wildman–Crippen LogP) is 4.20. The van der Waals surface area contributed by atoms with Crippen LogP contribution in [0.4, 0.5) is 0 Å². The molecule has 1 unspecified atom stereocenters. The molecule has 2 aromatic heterocycles. The molecule has 5 heteroatoms. The maximum Gasteiger partial charge on any atom is 0.126 e. The zero-order valence-electron chi connectivity index (χ0n) is 15.3. The average Bonchev–Trinajstić information content (AvgIpc) is 3.09. The number of aromatic nitrogens is 3. The summed E-state index contributed by atoms with van der Waals surface area (Å²) in [5.41, 5.74) is 4.11. The highest BCUT2D eigenvalue weighted by molar-refractivity contribution is 5.58. The van der Waals surface area contributed by atoms with Crippen LogP contribution in [0.1, 0.15) is 63.6 Å². The van der Waals surface area contributed by atoms with Gasteiger partial charge in [0, 0.05) is 35.5 Å². The molecule has 1 aliphatic heterocycles. The van der Waals surface area contributed by atoms with E-state index in [1.807, 2.05) is 12.3 Å². The molecule has 1 saturated heterocycles. The van der Waals surface area contributed by atoms with Gasteiger partial charge >= 0.3 is 0 Å². The molecule has 0 spiro atoms. The molecule has 2 fully saturated rings. The Hall–Kier alpha value is -1.88. The summed E-state index contributed by atoms with van der Waals surface area (Å²) in [4.78, 5) is 4.65. The molecule has 2 aromatic rings. The molecule has 0 aromatic carbocycles. The maximum atomic E-state index is 6.16. The minimum absolute atomic E-state index is 0.0400. The Bertz CT molecular complexity index is 738. The summed E-state index contributed by atoms with van der Waals surface area (Å²) in [6.07, 6.45) is 6.88. The maximum absolute atomic E-state index is 6.16. The zero-order chi connectivity index (χ0) is 17.4. The summed E-state index contributed by atoms with van der Waals surface area (Å²) in [5.74, 6) is 1.55. The number of ether oxygens (including phenoxy) is 2. The molecular weight excluding hydrogens is 314 g/mol. The van der Waals surface area contributed by atoms with Gasteiger partial charge in [0.05, 0.1) is 11.8 Å². The van der Waals surface area contributed by atoms with Crippen molar-refractivity contribution in [2.45, 2.75) is 63.9 Å². The summed E-state index contributed by atoms with van der Waals surface area (Å²) in [5, 5.41) is 7.59. The third-order valence-electron chi connectivity index (χ3n) is 5.01. The highest BCUT2D eigenvalue weighted by atomic mass is 16.5. The highest BCUT2D eigenvalue weighted by Crippen LogP contribution is 2.44. The lowest BCUT2D eigenvalue weighted by Crippen LogP contribution is -2.17. The summed E-state index contributed by atoms with van der Waals surface area (Å²) in [7, 11) is 0. The van der Waals surface area contributed by atoms with Crippen LogP contribution in [-0.2, 0) is 10.2 Å². The van der Waals surface area contributed by atoms with Crippen LogP contribution >= 0.6 is 0 Å². The second-order valence-corrected chi connectivity index (χ2v) is 8.24. The van der Waals surface area contributed by atoms with Crippen LogP contribution in [0.15, 0.2) is 18.3 Å². The second-order valence-electron chi connectivity index (χ2n) is 8.24. The minimum atomic E-state index is 0.0400. The Morgan fingerprint density at radius 3 is 2.68 bits per heavy atom. The third kappa shape index (κ3) is 3.71. The Morgan fingerprint density at radius 1 is 1.20 bits per heavy atom. The van der Waals surface area contributed by atoms with Gasteiger partial charge in [0.15, 0.2) is 0 Å². The zero-order valence-corrected chi connectivity index (χ0v) is 15.3. The highest BCUT2D eigenvalue weighted by Gasteiger charge is 2.28. The molecule has 0 amide bonds. The van der Waals surface area contributed by atoms with Crippen molar-refractivity contribution in [3.63, 3.8) is 0 Å². The van der Waals surface area contributed by atoms with E-state index in [-0.39, 0.29) is 11.5 Å². The van der Waals surface area contributed by atoms with Gasteiger partial charge in [0.1, 0.15) is 18.1 Å². The van der Waals surface area contributed by atoms with Crippen molar-refractivity contribution in [2.75, 3.05) is 13.2 Å². The first-order chi connectivity index (χ1) is 12.0. The fourth-order valence-corrected chi connectivity index (χ4v) is 3.21. The van der Waals surface area contributed by atoms with E-state index < -0.39 is 0 Å². The quantitative estimate of drug-likeness (QED) is 0.885. The predicted molar refractivity (Wildman–Crippen MR) is 97.0 cm³/mol. The van der Waals surface area contributed by atoms with Gasteiger partial charge in [-0.2, -0.15) is 5.10 Å². The van der Waals surface area contributed by atoms with Crippen LogP contribution in [0.5, 0.6) is 5.75 Å². The standard InChI is InChI=1S/C20H27N3O2/c1-20(2,3)19-10-17(22-23-19)16-9-18(15(11-21-16)13-6-7-13)25-12-14-5-4-8-24-14/h9-11,13-14H,4-8,12H2,1-3H3,(H,22,23). The number of nitrogens with zero attached hydrogens (tertiary/aromatic N) is 2. The third-order valence-corrected chi connectivity index (χ3v) is 5.01. The molecule has 134 valence electrons. The molecule has 1 N–H and O–H groups in total. The number of rotatable bonds is 5. The Labute approximate surface area is 149 Å². The molecule has 1 atom stereocenters. The first-order valence-corrected chi connectivity index (χ1v) is 9.31. The van der Waals surface area contributed by atoms with Crippen molar-refractivity contribution in [1.82, 2.24) is 15.2 Å². The van der Waals surface area contributed by atoms with Crippen LogP contribution < -0.4 is 4.74 Å². The molecule has 25 heavy (non-hydrogen) atoms. The van der Waals surface area contributed by atoms with E-state index in [2.05, 4.69) is 42.0 Å². The van der Waals surface area contributed by atoms with Gasteiger partial charge in [-0.05, 0) is 37.7 Å². The summed E-state index contributed by atoms with van der Waals surface area (Å²) in [6.45, 7) is 7.99. The number of aromatic amines is 1. The van der Waals surface area contributed by atoms with Gasteiger partial charge in [-0.15, -0.1) is 0 Å². The van der Waals surface area contributed by atoms with Gasteiger partial charge < -0.3 is 9.47 Å². The van der Waals surface area contributed by atoms with Crippen LogP contribution in [0.25, 0.3) is 11.4 Å². The van der Waals surface area contributed by atoms with E-state index >= 15 is 0 Å². The van der Waals surface area contributed by atoms with Crippen molar-refractivity contribution in [2.24, 2.45) is 0 Å². The molecular formula is C20H27N3O2. The fourth-order valence-electron chi connectivity index (χ4n) is 3.21. The summed E-state index contributed by atoms with van der Waals surface area (Å²) < 4.78 is 11.8. The lowest BCUT2D eigenvalue weighted by Gasteiger charge is -2.15. The first kappa shape index (κ1) is 16.6. The van der Waals surface area contributed by atoms with Crippen molar-refractivity contribution in [1.29, 1.82) is 0 Å². The molecule has 0 bridgehead atoms. The SMILES string of the molecule is CC(C)(C)c1cc(-c2cc(OCC3CCCO3)c(C3CC3)cn2)n[nH]1. The lowest BCUT2D eigenvalue weighted by molar-refractivity contribution is 0.0676. The van der Waals surface area contributed by atoms with Crippen LogP contribution in [0.3, 0.4) is 0 Å². The van der Waals surface area contributed by atoms with Crippen molar-refractivity contribution in [3.05, 3.63) is 29.6 Å². The fraction of sp³-hybridized carbons (Fsp3) is 0.600. The summed E-state index contributed by atoms with van der Waals surface area (Å²) >= 11 is 0. The van der Waals surface area contributed by atoms with Gasteiger partial charge in [0.25, 0.3) is 0 Å². The molecule has 1 saturated carbocycles. The Balaban J connectivity index is 1.58. The smallest absolute Gasteiger partial charge is 0.126 e. The van der Waals surface area contributed by atoms with Gasteiger partial charge in [-0.1, -0.05) is 20.8 Å². The first-order valence-electron chi connectivity index (χ1n) is 9.31. The Kier molecular flexibility index (Phi) is 4.28. The van der Waals surface area contributed by atoms with E-state index in [0.29, 0.717) is 12.5 Å². The molecule has 0 radical (unpaired) electrons. The van der Waals surface area contributed by atoms with E-state index in [4.69, 9.17) is 9.47 Å². The monoisotopic (exact) mass is 341 g/mol. The number of hydrogen-bond acceptors (Lipinski definition) is 4. The number of H-pyrrole nitrogens is 1. The molecule has 5 nitrogen and oxygen atoms in total. The number of nitrogens with one attached hydrogen (secondary N) is 1. The average molecular weight is 341 g/mol. The van der Waals surface area contributed by atoms with E-state index in [1.165, 1.54) is 18.4 Å². The van der Waals surface area contributed by atoms with Crippen LogP contribution in [0.2, 0.25) is 0 Å². The normalized spacial score (nSPS) is 20.8. The molecule has 3 heterocycles. The molecule has 1 aliphatic carbocycles. The van der Waals surface area contributed by atoms with Crippen molar-refractivity contribution >= 4 is 0 Å². The second kappa shape index (κ2) is 6.45.